The van der Waals surface area contributed by atoms with Gasteiger partial charge in [-0.15, -0.1) is 0 Å². The van der Waals surface area contributed by atoms with E-state index < -0.39 is 0 Å². The van der Waals surface area contributed by atoms with Crippen molar-refractivity contribution in [1.82, 2.24) is 15.3 Å². The number of rotatable bonds is 7. The Morgan fingerprint density at radius 3 is 2.50 bits per heavy atom. The van der Waals surface area contributed by atoms with E-state index in [1.165, 1.54) is 18.7 Å². The van der Waals surface area contributed by atoms with Crippen LogP contribution in [0.4, 0.5) is 0 Å². The number of para-hydroxylation sites is 1. The molecular weight excluding hydrogens is 370 g/mol. The van der Waals surface area contributed by atoms with Crippen LogP contribution in [-0.2, 0) is 11.2 Å². The number of Topliss-reactive ketones (excluding diaryl/α,β-unsaturated/α-hetero) is 1. The molecule has 3 aromatic rings. The van der Waals surface area contributed by atoms with Gasteiger partial charge < -0.3 is 5.32 Å². The maximum absolute atomic E-state index is 12.9. The van der Waals surface area contributed by atoms with Crippen molar-refractivity contribution in [3.8, 4) is 0 Å². The summed E-state index contributed by atoms with van der Waals surface area (Å²) in [5.41, 5.74) is 2.65. The predicted molar refractivity (Wildman–Crippen MR) is 113 cm³/mol. The summed E-state index contributed by atoms with van der Waals surface area (Å²) in [4.78, 5) is 32.8. The molecule has 1 aromatic heterocycles. The number of benzene rings is 2. The lowest BCUT2D eigenvalue weighted by Gasteiger charge is -2.12. The van der Waals surface area contributed by atoms with E-state index in [0.717, 1.165) is 27.9 Å². The van der Waals surface area contributed by atoms with Crippen molar-refractivity contribution in [2.45, 2.75) is 37.5 Å². The largest absolute Gasteiger partial charge is 0.356 e. The van der Waals surface area contributed by atoms with Gasteiger partial charge in [0.25, 0.3) is 0 Å². The Morgan fingerprint density at radius 1 is 1.07 bits per heavy atom. The molecule has 0 fully saturated rings. The molecule has 0 spiro atoms. The number of nitrogens with zero attached hydrogens (tertiary/aromatic N) is 2. The summed E-state index contributed by atoms with van der Waals surface area (Å²) in [5.74, 6) is 0.730. The van der Waals surface area contributed by atoms with Crippen molar-refractivity contribution in [3.63, 3.8) is 0 Å². The Hall–Kier alpha value is -2.73. The van der Waals surface area contributed by atoms with Crippen LogP contribution >= 0.6 is 11.8 Å². The van der Waals surface area contributed by atoms with E-state index >= 15 is 0 Å². The van der Waals surface area contributed by atoms with Gasteiger partial charge in [-0.3, -0.25) is 9.59 Å². The van der Waals surface area contributed by atoms with Gasteiger partial charge in [-0.25, -0.2) is 9.97 Å². The van der Waals surface area contributed by atoms with E-state index in [1.54, 1.807) is 0 Å². The van der Waals surface area contributed by atoms with E-state index in [0.29, 0.717) is 17.9 Å². The second kappa shape index (κ2) is 8.97. The lowest BCUT2D eigenvalue weighted by molar-refractivity contribution is -0.118. The van der Waals surface area contributed by atoms with Crippen LogP contribution in [0.25, 0.3) is 10.9 Å². The van der Waals surface area contributed by atoms with Crippen LogP contribution in [0.1, 0.15) is 35.6 Å². The van der Waals surface area contributed by atoms with Crippen molar-refractivity contribution in [3.05, 3.63) is 65.5 Å². The van der Waals surface area contributed by atoms with E-state index in [4.69, 9.17) is 0 Å². The zero-order valence-corrected chi connectivity index (χ0v) is 17.0. The molecule has 1 amide bonds. The SMILES string of the molecule is CC(=O)NCCc1ccc(C(=O)C(C)Sc2nc(C)nc3ccccc23)cc1. The summed E-state index contributed by atoms with van der Waals surface area (Å²) >= 11 is 1.46. The molecule has 0 aliphatic rings. The minimum absolute atomic E-state index is 0.0369. The number of carbonyl (C=O) groups is 2. The first-order valence-corrected chi connectivity index (χ1v) is 10.1. The maximum Gasteiger partial charge on any atom is 0.216 e. The number of aromatic nitrogens is 2. The monoisotopic (exact) mass is 393 g/mol. The highest BCUT2D eigenvalue weighted by atomic mass is 32.2. The zero-order valence-electron chi connectivity index (χ0n) is 16.2. The van der Waals surface area contributed by atoms with Crippen LogP contribution in [0.15, 0.2) is 53.6 Å². The van der Waals surface area contributed by atoms with Crippen LogP contribution in [0.2, 0.25) is 0 Å². The molecule has 1 heterocycles. The fourth-order valence-electron chi connectivity index (χ4n) is 2.92. The molecule has 2 aromatic carbocycles. The average Bonchev–Trinajstić information content (AvgIpc) is 2.67. The molecule has 1 unspecified atom stereocenters. The molecule has 1 N–H and O–H groups in total. The fourth-order valence-corrected chi connectivity index (χ4v) is 3.98. The van der Waals surface area contributed by atoms with Crippen molar-refractivity contribution in [1.29, 1.82) is 0 Å². The summed E-state index contributed by atoms with van der Waals surface area (Å²) in [6.45, 7) is 5.87. The zero-order chi connectivity index (χ0) is 20.1. The van der Waals surface area contributed by atoms with Crippen molar-refractivity contribution in [2.75, 3.05) is 6.54 Å². The van der Waals surface area contributed by atoms with E-state index in [9.17, 15) is 9.59 Å². The van der Waals surface area contributed by atoms with Gasteiger partial charge >= 0.3 is 0 Å². The molecule has 5 nitrogen and oxygen atoms in total. The van der Waals surface area contributed by atoms with Gasteiger partial charge in [-0.05, 0) is 31.9 Å². The highest BCUT2D eigenvalue weighted by Crippen LogP contribution is 2.30. The first-order chi connectivity index (χ1) is 13.4. The summed E-state index contributed by atoms with van der Waals surface area (Å²) in [6, 6.07) is 15.4. The third-order valence-corrected chi connectivity index (χ3v) is 5.47. The smallest absolute Gasteiger partial charge is 0.216 e. The maximum atomic E-state index is 12.9. The van der Waals surface area contributed by atoms with Gasteiger partial charge in [0.15, 0.2) is 5.78 Å². The van der Waals surface area contributed by atoms with Gasteiger partial charge in [-0.2, -0.15) is 0 Å². The minimum Gasteiger partial charge on any atom is -0.356 e. The van der Waals surface area contributed by atoms with Gasteiger partial charge in [0.2, 0.25) is 5.91 Å². The van der Waals surface area contributed by atoms with Crippen LogP contribution < -0.4 is 5.32 Å². The van der Waals surface area contributed by atoms with Crippen molar-refractivity contribution >= 4 is 34.4 Å². The Morgan fingerprint density at radius 2 is 1.79 bits per heavy atom. The number of hydrogen-bond acceptors (Lipinski definition) is 5. The highest BCUT2D eigenvalue weighted by Gasteiger charge is 2.19. The Kier molecular flexibility index (Phi) is 6.41. The third kappa shape index (κ3) is 4.95. The van der Waals surface area contributed by atoms with Crippen LogP contribution in [0.5, 0.6) is 0 Å². The number of aryl methyl sites for hydroxylation is 1. The summed E-state index contributed by atoms with van der Waals surface area (Å²) < 4.78 is 0. The van der Waals surface area contributed by atoms with Crippen molar-refractivity contribution < 1.29 is 9.59 Å². The Balaban J connectivity index is 1.70. The first-order valence-electron chi connectivity index (χ1n) is 9.21. The number of amides is 1. The molecule has 0 bridgehead atoms. The number of fused-ring (bicyclic) bond motifs is 1. The number of nitrogens with one attached hydrogen (secondary N) is 1. The molecule has 0 saturated carbocycles. The van der Waals surface area contributed by atoms with Gasteiger partial charge in [0.1, 0.15) is 10.9 Å². The van der Waals surface area contributed by atoms with Crippen LogP contribution in [-0.4, -0.2) is 33.5 Å². The standard InChI is InChI=1S/C22H23N3O2S/c1-14(28-22-19-6-4-5-7-20(19)24-15(2)25-22)21(27)18-10-8-17(9-11-18)12-13-23-16(3)26/h4-11,14H,12-13H2,1-3H3,(H,23,26). The molecule has 6 heteroatoms. The molecule has 3 rings (SSSR count). The Bertz CT molecular complexity index is 1000. The number of carbonyl (C=O) groups excluding carboxylic acids is 2. The Labute approximate surface area is 169 Å². The van der Waals surface area contributed by atoms with Gasteiger partial charge in [0, 0.05) is 24.4 Å². The number of hydrogen-bond donors (Lipinski definition) is 1. The van der Waals surface area contributed by atoms with Crippen LogP contribution in [0, 0.1) is 6.92 Å². The van der Waals surface area contributed by atoms with Crippen LogP contribution in [0.3, 0.4) is 0 Å². The average molecular weight is 394 g/mol. The van der Waals surface area contributed by atoms with Gasteiger partial charge in [0.05, 0.1) is 10.8 Å². The molecule has 1 atom stereocenters. The quantitative estimate of drug-likeness (QED) is 0.373. The second-order valence-electron chi connectivity index (χ2n) is 6.65. The topological polar surface area (TPSA) is 72.0 Å². The fraction of sp³-hybridized carbons (Fsp3) is 0.273. The van der Waals surface area contributed by atoms with Gasteiger partial charge in [-0.1, -0.05) is 54.2 Å². The minimum atomic E-state index is -0.261. The second-order valence-corrected chi connectivity index (χ2v) is 7.98. The summed E-state index contributed by atoms with van der Waals surface area (Å²) in [7, 11) is 0. The normalized spacial score (nSPS) is 12.0. The molecule has 0 aliphatic carbocycles. The highest BCUT2D eigenvalue weighted by molar-refractivity contribution is 8.00. The molecule has 28 heavy (non-hydrogen) atoms. The third-order valence-electron chi connectivity index (χ3n) is 4.36. The van der Waals surface area contributed by atoms with E-state index in [2.05, 4.69) is 15.3 Å². The number of ketones is 1. The van der Waals surface area contributed by atoms with E-state index in [1.807, 2.05) is 62.4 Å². The lowest BCUT2D eigenvalue weighted by atomic mass is 10.0. The molecular formula is C22H23N3O2S. The lowest BCUT2D eigenvalue weighted by Crippen LogP contribution is -2.22. The first kappa shape index (κ1) is 20.0. The van der Waals surface area contributed by atoms with E-state index in [-0.39, 0.29) is 16.9 Å². The summed E-state index contributed by atoms with van der Waals surface area (Å²) in [6.07, 6.45) is 0.741. The summed E-state index contributed by atoms with van der Waals surface area (Å²) in [5, 5.41) is 4.31. The number of thioether (sulfide) groups is 1. The molecule has 0 radical (unpaired) electrons. The van der Waals surface area contributed by atoms with Crippen molar-refractivity contribution in [2.24, 2.45) is 0 Å². The molecule has 0 saturated heterocycles. The molecule has 0 aliphatic heterocycles. The predicted octanol–water partition coefficient (Wildman–Crippen LogP) is 3.98. The molecule has 144 valence electrons.